The quantitative estimate of drug-likeness (QED) is 0.460. The molecule has 0 fully saturated rings. The Morgan fingerprint density at radius 1 is 0.833 bits per heavy atom. The maximum Gasteiger partial charge on any atom is 0.315 e. The Labute approximate surface area is 141 Å². The van der Waals surface area contributed by atoms with Gasteiger partial charge < -0.3 is 4.52 Å². The minimum atomic E-state index is -3.32. The molecule has 0 saturated carbocycles. The summed E-state index contributed by atoms with van der Waals surface area (Å²) < 4.78 is 20.1. The molecule has 0 amide bonds. The molecule has 0 aliphatic carbocycles. The SMILES string of the molecule is C=C=C(c1ccccc1)P1(=O)Oc2ccccc2-c2ccccc21. The topological polar surface area (TPSA) is 26.3 Å². The first-order valence-electron chi connectivity index (χ1n) is 7.69. The van der Waals surface area contributed by atoms with Crippen molar-refractivity contribution in [2.75, 3.05) is 0 Å². The van der Waals surface area contributed by atoms with Crippen molar-refractivity contribution in [1.82, 2.24) is 0 Å². The van der Waals surface area contributed by atoms with Crippen molar-refractivity contribution in [3.63, 3.8) is 0 Å². The molecule has 1 atom stereocenters. The minimum Gasteiger partial charge on any atom is -0.436 e. The fourth-order valence-corrected chi connectivity index (χ4v) is 5.41. The van der Waals surface area contributed by atoms with E-state index in [9.17, 15) is 4.57 Å². The number of hydrogen-bond acceptors (Lipinski definition) is 2. The van der Waals surface area contributed by atoms with E-state index >= 15 is 0 Å². The Morgan fingerprint density at radius 3 is 2.21 bits per heavy atom. The smallest absolute Gasteiger partial charge is 0.315 e. The van der Waals surface area contributed by atoms with Gasteiger partial charge in [-0.15, -0.1) is 5.73 Å². The normalized spacial score (nSPS) is 17.8. The molecule has 1 aliphatic heterocycles. The van der Waals surface area contributed by atoms with E-state index in [1.807, 2.05) is 78.9 Å². The number of hydrogen-bond donors (Lipinski definition) is 0. The highest BCUT2D eigenvalue weighted by molar-refractivity contribution is 7.77. The number of para-hydroxylation sites is 1. The van der Waals surface area contributed by atoms with Crippen LogP contribution in [0.4, 0.5) is 0 Å². The zero-order valence-electron chi connectivity index (χ0n) is 13.0. The van der Waals surface area contributed by atoms with Crippen molar-refractivity contribution in [2.45, 2.75) is 0 Å². The van der Waals surface area contributed by atoms with E-state index in [-0.39, 0.29) is 0 Å². The van der Waals surface area contributed by atoms with Crippen molar-refractivity contribution in [2.24, 2.45) is 0 Å². The van der Waals surface area contributed by atoms with E-state index in [4.69, 9.17) is 4.52 Å². The lowest BCUT2D eigenvalue weighted by atomic mass is 10.0. The predicted molar refractivity (Wildman–Crippen MR) is 98.7 cm³/mol. The molecule has 1 heterocycles. The van der Waals surface area contributed by atoms with Gasteiger partial charge in [0.25, 0.3) is 0 Å². The molecular weight excluding hydrogens is 315 g/mol. The van der Waals surface area contributed by atoms with E-state index < -0.39 is 7.37 Å². The molecule has 3 aromatic rings. The molecule has 0 saturated heterocycles. The number of fused-ring (bicyclic) bond motifs is 3. The van der Waals surface area contributed by atoms with Crippen LogP contribution in [0.3, 0.4) is 0 Å². The summed E-state index contributed by atoms with van der Waals surface area (Å²) in [6, 6.07) is 24.9. The lowest BCUT2D eigenvalue weighted by Gasteiger charge is -2.29. The second-order valence-electron chi connectivity index (χ2n) is 5.55. The molecule has 1 unspecified atom stereocenters. The Bertz CT molecular complexity index is 1010. The summed E-state index contributed by atoms with van der Waals surface area (Å²) in [5, 5.41) is 1.20. The molecule has 0 aromatic heterocycles. The largest absolute Gasteiger partial charge is 0.436 e. The molecule has 0 bridgehead atoms. The van der Waals surface area contributed by atoms with Crippen LogP contribution < -0.4 is 9.83 Å². The summed E-state index contributed by atoms with van der Waals surface area (Å²) in [6.07, 6.45) is 0. The standard InChI is InChI=1S/C21H15O2P/c1-2-20(16-10-4-3-5-11-16)24(22)21-15-9-7-13-18(21)17-12-6-8-14-19(17)23-24/h3-15H,1H2. The van der Waals surface area contributed by atoms with Crippen LogP contribution in [0.1, 0.15) is 5.56 Å². The van der Waals surface area contributed by atoms with E-state index in [0.717, 1.165) is 16.7 Å². The summed E-state index contributed by atoms with van der Waals surface area (Å²) in [5.74, 6) is 0.628. The molecule has 2 nitrogen and oxygen atoms in total. The molecule has 3 aromatic carbocycles. The van der Waals surface area contributed by atoms with Crippen LogP contribution in [0.5, 0.6) is 5.75 Å². The van der Waals surface area contributed by atoms with Crippen LogP contribution in [0, 0.1) is 0 Å². The average Bonchev–Trinajstić information content (AvgIpc) is 2.63. The van der Waals surface area contributed by atoms with Gasteiger partial charge >= 0.3 is 7.37 Å². The van der Waals surface area contributed by atoms with Crippen LogP contribution in [0.25, 0.3) is 16.4 Å². The number of benzene rings is 3. The fraction of sp³-hybridized carbons (Fsp3) is 0. The lowest BCUT2D eigenvalue weighted by Crippen LogP contribution is -2.18. The van der Waals surface area contributed by atoms with Crippen LogP contribution >= 0.6 is 7.37 Å². The Kier molecular flexibility index (Phi) is 3.50. The van der Waals surface area contributed by atoms with Gasteiger partial charge in [-0.1, -0.05) is 73.3 Å². The third-order valence-electron chi connectivity index (χ3n) is 4.13. The average molecular weight is 330 g/mol. The van der Waals surface area contributed by atoms with Crippen molar-refractivity contribution in [3.8, 4) is 16.9 Å². The van der Waals surface area contributed by atoms with Gasteiger partial charge in [0.05, 0.1) is 5.30 Å². The zero-order valence-corrected chi connectivity index (χ0v) is 13.9. The molecular formula is C21H15O2P. The maximum atomic E-state index is 14.0. The van der Waals surface area contributed by atoms with Crippen molar-refractivity contribution < 1.29 is 9.09 Å². The van der Waals surface area contributed by atoms with Gasteiger partial charge in [0.15, 0.2) is 0 Å². The van der Waals surface area contributed by atoms with Crippen LogP contribution in [0.2, 0.25) is 0 Å². The fourth-order valence-electron chi connectivity index (χ4n) is 3.05. The highest BCUT2D eigenvalue weighted by Gasteiger charge is 2.39. The van der Waals surface area contributed by atoms with Gasteiger partial charge in [-0.2, -0.15) is 0 Å². The Hall–Kier alpha value is -2.79. The minimum absolute atomic E-state index is 0.505. The first-order chi connectivity index (χ1) is 11.7. The predicted octanol–water partition coefficient (Wildman–Crippen LogP) is 5.48. The number of rotatable bonds is 2. The van der Waals surface area contributed by atoms with Gasteiger partial charge in [-0.25, -0.2) is 0 Å². The third kappa shape index (κ3) is 2.17. The summed E-state index contributed by atoms with van der Waals surface area (Å²) in [6.45, 7) is 3.77. The lowest BCUT2D eigenvalue weighted by molar-refractivity contribution is 0.502. The van der Waals surface area contributed by atoms with Gasteiger partial charge in [0.1, 0.15) is 11.1 Å². The first-order valence-corrected chi connectivity index (χ1v) is 9.31. The highest BCUT2D eigenvalue weighted by Crippen LogP contribution is 2.62. The molecule has 0 radical (unpaired) electrons. The van der Waals surface area contributed by atoms with Gasteiger partial charge in [-0.3, -0.25) is 4.57 Å². The van der Waals surface area contributed by atoms with Crippen molar-refractivity contribution >= 4 is 18.0 Å². The van der Waals surface area contributed by atoms with E-state index in [2.05, 4.69) is 12.3 Å². The van der Waals surface area contributed by atoms with Crippen molar-refractivity contribution in [1.29, 1.82) is 0 Å². The Morgan fingerprint density at radius 2 is 1.46 bits per heavy atom. The second kappa shape index (κ2) is 5.69. The summed E-state index contributed by atoms with van der Waals surface area (Å²) in [5.41, 5.74) is 5.58. The molecule has 24 heavy (non-hydrogen) atoms. The zero-order chi connectivity index (χ0) is 16.6. The second-order valence-corrected chi connectivity index (χ2v) is 7.76. The molecule has 0 N–H and O–H groups in total. The van der Waals surface area contributed by atoms with Gasteiger partial charge in [-0.05, 0) is 23.3 Å². The molecule has 0 spiro atoms. The molecule has 4 rings (SSSR count). The summed E-state index contributed by atoms with van der Waals surface area (Å²) in [4.78, 5) is 0. The monoisotopic (exact) mass is 330 g/mol. The van der Waals surface area contributed by atoms with E-state index in [1.165, 1.54) is 0 Å². The highest BCUT2D eigenvalue weighted by atomic mass is 31.2. The van der Waals surface area contributed by atoms with Crippen LogP contribution in [0.15, 0.2) is 91.2 Å². The Balaban J connectivity index is 2.00. The summed E-state index contributed by atoms with van der Waals surface area (Å²) >= 11 is 0. The molecule has 1 aliphatic rings. The molecule has 116 valence electrons. The van der Waals surface area contributed by atoms with E-state index in [0.29, 0.717) is 16.4 Å². The van der Waals surface area contributed by atoms with E-state index in [1.54, 1.807) is 0 Å². The maximum absolute atomic E-state index is 14.0. The summed E-state index contributed by atoms with van der Waals surface area (Å²) in [7, 11) is -3.32. The van der Waals surface area contributed by atoms with Crippen LogP contribution in [-0.4, -0.2) is 0 Å². The third-order valence-corrected chi connectivity index (χ3v) is 6.62. The van der Waals surface area contributed by atoms with Crippen LogP contribution in [-0.2, 0) is 4.57 Å². The first kappa shape index (κ1) is 14.8. The van der Waals surface area contributed by atoms with Gasteiger partial charge in [0, 0.05) is 5.56 Å². The van der Waals surface area contributed by atoms with Crippen molar-refractivity contribution in [3.05, 3.63) is 96.7 Å². The molecule has 3 heteroatoms. The van der Waals surface area contributed by atoms with Gasteiger partial charge in [0.2, 0.25) is 0 Å².